The minimum atomic E-state index is -0.297. The maximum absolute atomic E-state index is 12.2. The van der Waals surface area contributed by atoms with E-state index < -0.39 is 0 Å². The highest BCUT2D eigenvalue weighted by Crippen LogP contribution is 2.26. The molecule has 0 spiro atoms. The lowest BCUT2D eigenvalue weighted by molar-refractivity contribution is 0.0300. The number of anilines is 2. The molecule has 4 heteroatoms. The number of carbonyl (C=O) groups excluding carboxylic acids is 1. The maximum atomic E-state index is 12.2. The summed E-state index contributed by atoms with van der Waals surface area (Å²) in [5.74, 6) is 0.207. The molecule has 0 heterocycles. The molecule has 2 rings (SSSR count). The summed E-state index contributed by atoms with van der Waals surface area (Å²) in [7, 11) is 0. The lowest BCUT2D eigenvalue weighted by atomic mass is 9.95. The second-order valence-electron chi connectivity index (χ2n) is 7.13. The number of nitrogens with two attached hydrogens (primary N) is 1. The molecule has 1 aliphatic carbocycles. The molecular weight excluding hydrogens is 288 g/mol. The van der Waals surface area contributed by atoms with E-state index in [9.17, 15) is 4.79 Å². The largest absolute Gasteiger partial charge is 0.459 e. The Morgan fingerprint density at radius 1 is 1.26 bits per heavy atom. The number of ether oxygens (including phenoxy) is 1. The standard InChI is InChI=1S/C19H30N2O2/c1-13(2)11-14(3)23-19(22)15-9-10-18(17(20)12-15)21-16-7-5-4-6-8-16/h9-10,12-14,16,21H,4-8,11,20H2,1-3H3. The zero-order valence-corrected chi connectivity index (χ0v) is 14.6. The van der Waals surface area contributed by atoms with Crippen LogP contribution < -0.4 is 11.1 Å². The Kier molecular flexibility index (Phi) is 6.31. The van der Waals surface area contributed by atoms with Crippen LogP contribution in [-0.2, 0) is 4.74 Å². The predicted octanol–water partition coefficient (Wildman–Crippen LogP) is 4.60. The highest BCUT2D eigenvalue weighted by molar-refractivity contribution is 5.92. The summed E-state index contributed by atoms with van der Waals surface area (Å²) in [5.41, 5.74) is 8.17. The summed E-state index contributed by atoms with van der Waals surface area (Å²) in [6.45, 7) is 6.17. The summed E-state index contributed by atoms with van der Waals surface area (Å²) in [6, 6.07) is 5.91. The first-order valence-electron chi connectivity index (χ1n) is 8.82. The first-order chi connectivity index (χ1) is 11.0. The van der Waals surface area contributed by atoms with Crippen LogP contribution in [0.3, 0.4) is 0 Å². The molecule has 0 aromatic heterocycles. The molecule has 128 valence electrons. The first kappa shape index (κ1) is 17.6. The van der Waals surface area contributed by atoms with Gasteiger partial charge in [-0.3, -0.25) is 0 Å². The van der Waals surface area contributed by atoms with E-state index in [1.165, 1.54) is 32.1 Å². The van der Waals surface area contributed by atoms with Crippen molar-refractivity contribution in [1.82, 2.24) is 0 Å². The van der Waals surface area contributed by atoms with E-state index in [1.807, 2.05) is 13.0 Å². The van der Waals surface area contributed by atoms with Gasteiger partial charge in [0.1, 0.15) is 0 Å². The third kappa shape index (κ3) is 5.45. The number of hydrogen-bond acceptors (Lipinski definition) is 4. The Morgan fingerprint density at radius 3 is 2.57 bits per heavy atom. The Hall–Kier alpha value is -1.71. The molecule has 1 saturated carbocycles. The number of carbonyl (C=O) groups is 1. The number of benzene rings is 1. The SMILES string of the molecule is CC(C)CC(C)OC(=O)c1ccc(NC2CCCCC2)c(N)c1. The molecule has 1 aromatic carbocycles. The molecule has 0 amide bonds. The summed E-state index contributed by atoms with van der Waals surface area (Å²) in [6.07, 6.45) is 7.04. The second kappa shape index (κ2) is 8.23. The van der Waals surface area contributed by atoms with E-state index in [0.29, 0.717) is 23.2 Å². The lowest BCUT2D eigenvalue weighted by Crippen LogP contribution is -2.23. The molecule has 3 N–H and O–H groups in total. The average molecular weight is 318 g/mol. The number of nitrogen functional groups attached to an aromatic ring is 1. The van der Waals surface area contributed by atoms with Crippen LogP contribution in [0.15, 0.2) is 18.2 Å². The fourth-order valence-electron chi connectivity index (χ4n) is 3.25. The summed E-state index contributed by atoms with van der Waals surface area (Å²) < 4.78 is 5.48. The van der Waals surface area contributed by atoms with E-state index in [4.69, 9.17) is 10.5 Å². The van der Waals surface area contributed by atoms with Crippen molar-refractivity contribution < 1.29 is 9.53 Å². The fraction of sp³-hybridized carbons (Fsp3) is 0.632. The number of esters is 1. The Balaban J connectivity index is 1.96. The minimum absolute atomic E-state index is 0.0798. The average Bonchev–Trinajstić information content (AvgIpc) is 2.49. The van der Waals surface area contributed by atoms with Crippen LogP contribution in [0.5, 0.6) is 0 Å². The molecule has 1 unspecified atom stereocenters. The van der Waals surface area contributed by atoms with Gasteiger partial charge in [-0.1, -0.05) is 33.1 Å². The van der Waals surface area contributed by atoms with Crippen molar-refractivity contribution in [2.75, 3.05) is 11.1 Å². The third-order valence-electron chi connectivity index (χ3n) is 4.36. The van der Waals surface area contributed by atoms with Gasteiger partial charge in [0, 0.05) is 6.04 Å². The molecule has 23 heavy (non-hydrogen) atoms. The van der Waals surface area contributed by atoms with Crippen LogP contribution in [0.4, 0.5) is 11.4 Å². The van der Waals surface area contributed by atoms with Crippen molar-refractivity contribution in [1.29, 1.82) is 0 Å². The molecule has 4 nitrogen and oxygen atoms in total. The Morgan fingerprint density at radius 2 is 1.96 bits per heavy atom. The zero-order valence-electron chi connectivity index (χ0n) is 14.6. The summed E-state index contributed by atoms with van der Waals surface area (Å²) >= 11 is 0. The van der Waals surface area contributed by atoms with Gasteiger partial charge in [0.25, 0.3) is 0 Å². The molecule has 1 atom stereocenters. The van der Waals surface area contributed by atoms with Gasteiger partial charge in [0.15, 0.2) is 0 Å². The van der Waals surface area contributed by atoms with Gasteiger partial charge in [-0.05, 0) is 50.3 Å². The van der Waals surface area contributed by atoms with E-state index in [2.05, 4.69) is 19.2 Å². The number of hydrogen-bond donors (Lipinski definition) is 2. The highest BCUT2D eigenvalue weighted by Gasteiger charge is 2.17. The van der Waals surface area contributed by atoms with Crippen molar-refractivity contribution in [2.45, 2.75) is 71.4 Å². The molecule has 0 bridgehead atoms. The monoisotopic (exact) mass is 318 g/mol. The van der Waals surface area contributed by atoms with Crippen LogP contribution in [0.2, 0.25) is 0 Å². The lowest BCUT2D eigenvalue weighted by Gasteiger charge is -2.24. The Labute approximate surface area is 139 Å². The van der Waals surface area contributed by atoms with Crippen molar-refractivity contribution in [3.8, 4) is 0 Å². The topological polar surface area (TPSA) is 64.3 Å². The third-order valence-corrected chi connectivity index (χ3v) is 4.36. The molecule has 1 fully saturated rings. The number of rotatable bonds is 6. The van der Waals surface area contributed by atoms with Gasteiger partial charge in [-0.15, -0.1) is 0 Å². The van der Waals surface area contributed by atoms with Crippen molar-refractivity contribution >= 4 is 17.3 Å². The van der Waals surface area contributed by atoms with Crippen molar-refractivity contribution in [3.05, 3.63) is 23.8 Å². The molecule has 0 radical (unpaired) electrons. The maximum Gasteiger partial charge on any atom is 0.338 e. The van der Waals surface area contributed by atoms with Gasteiger partial charge in [-0.25, -0.2) is 4.79 Å². The molecular formula is C19H30N2O2. The minimum Gasteiger partial charge on any atom is -0.459 e. The normalized spacial score (nSPS) is 17.0. The van der Waals surface area contributed by atoms with E-state index in [1.54, 1.807) is 12.1 Å². The summed E-state index contributed by atoms with van der Waals surface area (Å²) in [4.78, 5) is 12.2. The van der Waals surface area contributed by atoms with Crippen LogP contribution in [0, 0.1) is 5.92 Å². The van der Waals surface area contributed by atoms with Gasteiger partial charge in [0.05, 0.1) is 23.0 Å². The van der Waals surface area contributed by atoms with Gasteiger partial charge >= 0.3 is 5.97 Å². The Bertz CT molecular complexity index is 522. The highest BCUT2D eigenvalue weighted by atomic mass is 16.5. The quantitative estimate of drug-likeness (QED) is 0.594. The predicted molar refractivity (Wildman–Crippen MR) is 95.7 cm³/mol. The molecule has 0 aliphatic heterocycles. The van der Waals surface area contributed by atoms with Crippen LogP contribution in [-0.4, -0.2) is 18.1 Å². The first-order valence-corrected chi connectivity index (χ1v) is 8.82. The van der Waals surface area contributed by atoms with E-state index in [0.717, 1.165) is 12.1 Å². The number of nitrogens with one attached hydrogen (secondary N) is 1. The second-order valence-corrected chi connectivity index (χ2v) is 7.13. The summed E-state index contributed by atoms with van der Waals surface area (Å²) in [5, 5.41) is 3.51. The van der Waals surface area contributed by atoms with Gasteiger partial charge in [-0.2, -0.15) is 0 Å². The van der Waals surface area contributed by atoms with Crippen molar-refractivity contribution in [2.24, 2.45) is 5.92 Å². The van der Waals surface area contributed by atoms with Gasteiger partial charge in [0.2, 0.25) is 0 Å². The van der Waals surface area contributed by atoms with E-state index >= 15 is 0 Å². The van der Waals surface area contributed by atoms with Crippen LogP contribution in [0.1, 0.15) is 69.7 Å². The van der Waals surface area contributed by atoms with Crippen LogP contribution in [0.25, 0.3) is 0 Å². The van der Waals surface area contributed by atoms with E-state index in [-0.39, 0.29) is 12.1 Å². The van der Waals surface area contributed by atoms with Gasteiger partial charge < -0.3 is 15.8 Å². The fourth-order valence-corrected chi connectivity index (χ4v) is 3.25. The smallest absolute Gasteiger partial charge is 0.338 e. The van der Waals surface area contributed by atoms with Crippen LogP contribution >= 0.6 is 0 Å². The molecule has 1 aromatic rings. The zero-order chi connectivity index (χ0) is 16.8. The molecule has 1 aliphatic rings. The van der Waals surface area contributed by atoms with Crippen molar-refractivity contribution in [3.63, 3.8) is 0 Å². The molecule has 0 saturated heterocycles.